The number of carbonyl (C=O) groups is 2. The molecular formula is C26H34N4O4. The van der Waals surface area contributed by atoms with E-state index in [0.717, 1.165) is 55.7 Å². The van der Waals surface area contributed by atoms with E-state index in [-0.39, 0.29) is 12.5 Å². The van der Waals surface area contributed by atoms with Crippen LogP contribution < -0.4 is 10.6 Å². The van der Waals surface area contributed by atoms with E-state index in [2.05, 4.69) is 27.8 Å². The first-order valence-electron chi connectivity index (χ1n) is 12.2. The van der Waals surface area contributed by atoms with Gasteiger partial charge in [-0.2, -0.15) is 0 Å². The van der Waals surface area contributed by atoms with Crippen LogP contribution in [0.15, 0.2) is 24.4 Å². The molecule has 0 saturated heterocycles. The summed E-state index contributed by atoms with van der Waals surface area (Å²) in [6.45, 7) is 4.86. The second-order valence-corrected chi connectivity index (χ2v) is 9.45. The molecule has 1 atom stereocenters. The number of aromatic nitrogens is 2. The van der Waals surface area contributed by atoms with Crippen molar-refractivity contribution in [2.24, 2.45) is 5.92 Å². The number of rotatable bonds is 10. The van der Waals surface area contributed by atoms with Crippen molar-refractivity contribution in [3.63, 3.8) is 0 Å². The Kier molecular flexibility index (Phi) is 7.77. The van der Waals surface area contributed by atoms with E-state index in [1.165, 1.54) is 12.0 Å². The lowest BCUT2D eigenvalue weighted by molar-refractivity contribution is -0.140. The van der Waals surface area contributed by atoms with Gasteiger partial charge in [-0.25, -0.2) is 9.78 Å². The van der Waals surface area contributed by atoms with Gasteiger partial charge in [0.25, 0.3) is 5.91 Å². The highest BCUT2D eigenvalue weighted by Crippen LogP contribution is 2.34. The number of hydrogen-bond acceptors (Lipinski definition) is 6. The van der Waals surface area contributed by atoms with Crippen LogP contribution in [-0.2, 0) is 22.4 Å². The average molecular weight is 467 g/mol. The van der Waals surface area contributed by atoms with Gasteiger partial charge in [-0.05, 0) is 81.5 Å². The van der Waals surface area contributed by atoms with E-state index in [0.29, 0.717) is 23.8 Å². The van der Waals surface area contributed by atoms with Gasteiger partial charge in [-0.1, -0.05) is 6.07 Å². The molecule has 34 heavy (non-hydrogen) atoms. The summed E-state index contributed by atoms with van der Waals surface area (Å²) < 4.78 is 5.90. The van der Waals surface area contributed by atoms with Gasteiger partial charge in [-0.3, -0.25) is 9.78 Å². The van der Waals surface area contributed by atoms with Gasteiger partial charge in [0.1, 0.15) is 11.9 Å². The Morgan fingerprint density at radius 1 is 1.26 bits per heavy atom. The summed E-state index contributed by atoms with van der Waals surface area (Å²) in [6.07, 6.45) is 8.32. The number of aliphatic carboxylic acids is 1. The molecule has 4 rings (SSSR count). The first kappa shape index (κ1) is 24.1. The van der Waals surface area contributed by atoms with Crippen LogP contribution in [0.5, 0.6) is 0 Å². The Hall–Kier alpha value is -3.00. The van der Waals surface area contributed by atoms with Crippen LogP contribution >= 0.6 is 0 Å². The first-order valence-corrected chi connectivity index (χ1v) is 12.2. The van der Waals surface area contributed by atoms with E-state index < -0.39 is 17.9 Å². The maximum Gasteiger partial charge on any atom is 0.326 e. The molecule has 8 nitrogen and oxygen atoms in total. The molecular weight excluding hydrogens is 432 g/mol. The lowest BCUT2D eigenvalue weighted by Gasteiger charge is -2.35. The van der Waals surface area contributed by atoms with Crippen LogP contribution in [0.2, 0.25) is 0 Å². The minimum absolute atomic E-state index is 0.163. The van der Waals surface area contributed by atoms with E-state index in [4.69, 9.17) is 9.72 Å². The van der Waals surface area contributed by atoms with Gasteiger partial charge in [0, 0.05) is 31.5 Å². The number of pyridine rings is 2. The third-order valence-electron chi connectivity index (χ3n) is 6.89. The van der Waals surface area contributed by atoms with Gasteiger partial charge in [0.05, 0.1) is 17.4 Å². The fourth-order valence-corrected chi connectivity index (χ4v) is 4.78. The Morgan fingerprint density at radius 2 is 2.09 bits per heavy atom. The number of carboxylic acid groups (broad SMARTS) is 1. The lowest BCUT2D eigenvalue weighted by Crippen LogP contribution is -2.42. The van der Waals surface area contributed by atoms with Gasteiger partial charge >= 0.3 is 5.97 Å². The Labute approximate surface area is 200 Å². The predicted octanol–water partition coefficient (Wildman–Crippen LogP) is 3.45. The zero-order valence-corrected chi connectivity index (χ0v) is 20.0. The van der Waals surface area contributed by atoms with Crippen molar-refractivity contribution in [1.29, 1.82) is 0 Å². The highest BCUT2D eigenvalue weighted by atomic mass is 16.5. The second-order valence-electron chi connectivity index (χ2n) is 9.45. The molecule has 182 valence electrons. The van der Waals surface area contributed by atoms with Crippen molar-refractivity contribution >= 4 is 17.7 Å². The zero-order chi connectivity index (χ0) is 24.1. The number of amides is 1. The second kappa shape index (κ2) is 11.0. The van der Waals surface area contributed by atoms with Crippen molar-refractivity contribution in [1.82, 2.24) is 15.3 Å². The van der Waals surface area contributed by atoms with Crippen LogP contribution in [0, 0.1) is 19.8 Å². The van der Waals surface area contributed by atoms with Gasteiger partial charge in [-0.15, -0.1) is 0 Å². The number of carboxylic acids is 1. The van der Waals surface area contributed by atoms with Gasteiger partial charge in [0.2, 0.25) is 0 Å². The van der Waals surface area contributed by atoms with E-state index in [1.54, 1.807) is 19.2 Å². The SMILES string of the molecule is Cc1ccnc(C)c1C(=O)NC(CCO[C@H]1C[C@@H](CCc2ccc3c(n2)NCCC3)C1)C(=O)O. The van der Waals surface area contributed by atoms with Crippen molar-refractivity contribution in [2.75, 3.05) is 18.5 Å². The molecule has 8 heteroatoms. The highest BCUT2D eigenvalue weighted by molar-refractivity contribution is 5.98. The summed E-state index contributed by atoms with van der Waals surface area (Å²) in [5.74, 6) is 0.189. The Balaban J connectivity index is 1.17. The van der Waals surface area contributed by atoms with Gasteiger partial charge in [0.15, 0.2) is 0 Å². The molecule has 1 saturated carbocycles. The standard InChI is InChI=1S/C26H34N4O4/c1-16-9-12-27-17(2)23(16)25(31)30-22(26(32)33)10-13-34-21-14-18(15-21)5-7-20-8-6-19-4-3-11-28-24(19)29-20/h6,8-9,12,18,21-22H,3-5,7,10-11,13-15H2,1-2H3,(H,28,29)(H,30,31)(H,32,33)/t18-,21+,22?. The molecule has 2 aliphatic rings. The molecule has 0 spiro atoms. The topological polar surface area (TPSA) is 113 Å². The predicted molar refractivity (Wildman–Crippen MR) is 129 cm³/mol. The van der Waals surface area contributed by atoms with Crippen LogP contribution in [0.1, 0.15) is 65.0 Å². The zero-order valence-electron chi connectivity index (χ0n) is 20.0. The smallest absolute Gasteiger partial charge is 0.326 e. The van der Waals surface area contributed by atoms with Gasteiger partial charge < -0.3 is 20.5 Å². The third kappa shape index (κ3) is 5.91. The molecule has 2 aromatic heterocycles. The summed E-state index contributed by atoms with van der Waals surface area (Å²) in [7, 11) is 0. The van der Waals surface area contributed by atoms with Crippen molar-refractivity contribution in [3.8, 4) is 0 Å². The number of fused-ring (bicyclic) bond motifs is 1. The lowest BCUT2D eigenvalue weighted by atomic mass is 9.79. The molecule has 0 radical (unpaired) electrons. The molecule has 1 fully saturated rings. The molecule has 2 aromatic rings. The van der Waals surface area contributed by atoms with E-state index in [9.17, 15) is 14.7 Å². The van der Waals surface area contributed by atoms with Crippen molar-refractivity contribution in [2.45, 2.75) is 70.9 Å². The number of anilines is 1. The summed E-state index contributed by atoms with van der Waals surface area (Å²) in [4.78, 5) is 33.2. The molecule has 1 amide bonds. The summed E-state index contributed by atoms with van der Waals surface area (Å²) in [5.41, 5.74) is 4.24. The van der Waals surface area contributed by atoms with Crippen LogP contribution in [0.3, 0.4) is 0 Å². The van der Waals surface area contributed by atoms with Crippen LogP contribution in [0.4, 0.5) is 5.82 Å². The fourth-order valence-electron chi connectivity index (χ4n) is 4.78. The number of nitrogens with zero attached hydrogens (tertiary/aromatic N) is 2. The van der Waals surface area contributed by atoms with Crippen molar-refractivity contribution < 1.29 is 19.4 Å². The normalized spacial score (nSPS) is 19.9. The van der Waals surface area contributed by atoms with E-state index in [1.807, 2.05) is 6.92 Å². The fraction of sp³-hybridized carbons (Fsp3) is 0.538. The maximum atomic E-state index is 12.6. The highest BCUT2D eigenvalue weighted by Gasteiger charge is 2.30. The summed E-state index contributed by atoms with van der Waals surface area (Å²) in [6, 6.07) is 5.09. The Bertz CT molecular complexity index is 1020. The summed E-state index contributed by atoms with van der Waals surface area (Å²) >= 11 is 0. The number of ether oxygens (including phenoxy) is 1. The van der Waals surface area contributed by atoms with Crippen molar-refractivity contribution in [3.05, 3.63) is 52.5 Å². The molecule has 1 unspecified atom stereocenters. The molecule has 3 N–H and O–H groups in total. The van der Waals surface area contributed by atoms with Crippen LogP contribution in [-0.4, -0.2) is 52.2 Å². The number of hydrogen-bond donors (Lipinski definition) is 3. The molecule has 0 aromatic carbocycles. The number of carbonyl (C=O) groups excluding carboxylic acids is 1. The number of nitrogens with one attached hydrogen (secondary N) is 2. The minimum atomic E-state index is -1.06. The summed E-state index contributed by atoms with van der Waals surface area (Å²) in [5, 5.41) is 15.6. The average Bonchev–Trinajstić information content (AvgIpc) is 2.78. The minimum Gasteiger partial charge on any atom is -0.480 e. The third-order valence-corrected chi connectivity index (χ3v) is 6.89. The maximum absolute atomic E-state index is 12.6. The molecule has 1 aliphatic carbocycles. The molecule has 3 heterocycles. The molecule has 0 bridgehead atoms. The molecule has 1 aliphatic heterocycles. The first-order chi connectivity index (χ1) is 16.4. The Morgan fingerprint density at radius 3 is 2.85 bits per heavy atom. The number of aryl methyl sites for hydroxylation is 4. The van der Waals surface area contributed by atoms with Crippen LogP contribution in [0.25, 0.3) is 0 Å². The van der Waals surface area contributed by atoms with E-state index >= 15 is 0 Å². The quantitative estimate of drug-likeness (QED) is 0.491. The monoisotopic (exact) mass is 466 g/mol. The largest absolute Gasteiger partial charge is 0.480 e.